The van der Waals surface area contributed by atoms with E-state index in [9.17, 15) is 9.59 Å². The molecule has 0 aliphatic carbocycles. The lowest BCUT2D eigenvalue weighted by molar-refractivity contribution is -0.139. The lowest BCUT2D eigenvalue weighted by Gasteiger charge is -2.31. The van der Waals surface area contributed by atoms with Crippen molar-refractivity contribution in [2.24, 2.45) is 0 Å². The van der Waals surface area contributed by atoms with Gasteiger partial charge in [0.05, 0.1) is 5.75 Å². The van der Waals surface area contributed by atoms with Gasteiger partial charge in [0.25, 0.3) is 0 Å². The summed E-state index contributed by atoms with van der Waals surface area (Å²) < 4.78 is 0.963. The topological polar surface area (TPSA) is 49.4 Å². The second-order valence-electron chi connectivity index (χ2n) is 7.21. The molecule has 0 saturated carbocycles. The summed E-state index contributed by atoms with van der Waals surface area (Å²) in [5, 5.41) is 3.39. The molecule has 2 amide bonds. The lowest BCUT2D eigenvalue weighted by atomic mass is 10.0. The number of amides is 2. The van der Waals surface area contributed by atoms with Crippen molar-refractivity contribution < 1.29 is 9.59 Å². The minimum Gasteiger partial charge on any atom is -0.357 e. The van der Waals surface area contributed by atoms with E-state index < -0.39 is 6.04 Å². The first kappa shape index (κ1) is 24.4. The molecule has 4 nitrogen and oxygen atoms in total. The summed E-state index contributed by atoms with van der Waals surface area (Å²) in [6.45, 7) is 0.345. The number of halogens is 2. The van der Waals surface area contributed by atoms with Gasteiger partial charge in [0.1, 0.15) is 6.04 Å². The first-order valence-corrected chi connectivity index (χ1v) is 12.3. The van der Waals surface area contributed by atoms with Crippen LogP contribution in [0.4, 0.5) is 0 Å². The third-order valence-corrected chi connectivity index (χ3v) is 6.74. The number of rotatable bonds is 9. The van der Waals surface area contributed by atoms with Gasteiger partial charge in [-0.1, -0.05) is 70.0 Å². The summed E-state index contributed by atoms with van der Waals surface area (Å²) in [4.78, 5) is 28.9. The molecule has 3 rings (SSSR count). The molecule has 32 heavy (non-hydrogen) atoms. The first-order valence-electron chi connectivity index (χ1n) is 10.1. The Hall–Kier alpha value is -2.28. The first-order chi connectivity index (χ1) is 15.5. The second kappa shape index (κ2) is 12.1. The zero-order valence-electron chi connectivity index (χ0n) is 17.6. The summed E-state index contributed by atoms with van der Waals surface area (Å²) in [5.41, 5.74) is 1.96. The monoisotopic (exact) mass is 530 g/mol. The molecule has 3 aromatic carbocycles. The molecule has 0 aliphatic rings. The van der Waals surface area contributed by atoms with Crippen LogP contribution < -0.4 is 5.32 Å². The van der Waals surface area contributed by atoms with Gasteiger partial charge < -0.3 is 10.2 Å². The number of nitrogens with zero attached hydrogens (tertiary/aromatic N) is 1. The van der Waals surface area contributed by atoms with Gasteiger partial charge >= 0.3 is 0 Å². The van der Waals surface area contributed by atoms with Crippen molar-refractivity contribution in [1.82, 2.24) is 10.2 Å². The molecule has 1 N–H and O–H groups in total. The molecule has 3 aromatic rings. The van der Waals surface area contributed by atoms with E-state index in [1.54, 1.807) is 24.1 Å². The zero-order chi connectivity index (χ0) is 22.9. The molecular weight excluding hydrogens is 508 g/mol. The molecule has 0 aliphatic heterocycles. The number of hydrogen-bond acceptors (Lipinski definition) is 3. The van der Waals surface area contributed by atoms with Crippen LogP contribution in [0.5, 0.6) is 0 Å². The number of likely N-dealkylation sites (N-methyl/N-ethyl adjacent to an activating group) is 1. The number of nitrogens with one attached hydrogen (secondary N) is 1. The predicted molar refractivity (Wildman–Crippen MR) is 135 cm³/mol. The van der Waals surface area contributed by atoms with Crippen LogP contribution in [-0.4, -0.2) is 35.6 Å². The average Bonchev–Trinajstić information content (AvgIpc) is 2.82. The fourth-order valence-corrected chi connectivity index (χ4v) is 4.44. The van der Waals surface area contributed by atoms with Crippen molar-refractivity contribution in [3.05, 3.63) is 99.5 Å². The molecule has 0 fully saturated rings. The van der Waals surface area contributed by atoms with E-state index >= 15 is 0 Å². The van der Waals surface area contributed by atoms with Crippen molar-refractivity contribution in [3.8, 4) is 0 Å². The Labute approximate surface area is 206 Å². The Morgan fingerprint density at radius 2 is 1.62 bits per heavy atom. The summed E-state index contributed by atoms with van der Waals surface area (Å²) >= 11 is 10.8. The summed E-state index contributed by atoms with van der Waals surface area (Å²) in [6, 6.07) is 24.3. The standard InChI is InChI=1S/C25H24BrClN2O2S/c1-28-25(31)23(15-18-5-3-2-4-6-18)29(16-19-7-9-20(26)10-8-19)24(30)17-32-22-13-11-21(27)12-14-22/h2-14,23H,15-17H2,1H3,(H,28,31)/t23-/m0/s1. The highest BCUT2D eigenvalue weighted by Gasteiger charge is 2.29. The maximum absolute atomic E-state index is 13.4. The number of benzene rings is 3. The van der Waals surface area contributed by atoms with E-state index in [1.165, 1.54) is 11.8 Å². The minimum atomic E-state index is -0.621. The SMILES string of the molecule is CNC(=O)[C@H](Cc1ccccc1)N(Cc1ccc(Br)cc1)C(=O)CSc1ccc(Cl)cc1. The van der Waals surface area contributed by atoms with Crippen molar-refractivity contribution in [1.29, 1.82) is 0 Å². The van der Waals surface area contributed by atoms with Gasteiger partial charge in [-0.25, -0.2) is 0 Å². The largest absolute Gasteiger partial charge is 0.357 e. The highest BCUT2D eigenvalue weighted by Crippen LogP contribution is 2.23. The molecule has 0 spiro atoms. The number of thioether (sulfide) groups is 1. The number of carbonyl (C=O) groups excluding carboxylic acids is 2. The predicted octanol–water partition coefficient (Wildman–Crippen LogP) is 5.58. The quantitative estimate of drug-likeness (QED) is 0.367. The molecule has 1 atom stereocenters. The summed E-state index contributed by atoms with van der Waals surface area (Å²) in [7, 11) is 1.60. The molecule has 0 bridgehead atoms. The van der Waals surface area contributed by atoms with Crippen molar-refractivity contribution in [2.75, 3.05) is 12.8 Å². The van der Waals surface area contributed by atoms with Gasteiger partial charge in [0, 0.05) is 34.4 Å². The maximum Gasteiger partial charge on any atom is 0.242 e. The van der Waals surface area contributed by atoms with Crippen molar-refractivity contribution in [3.63, 3.8) is 0 Å². The van der Waals surface area contributed by atoms with Crippen LogP contribution in [0.25, 0.3) is 0 Å². The summed E-state index contributed by atoms with van der Waals surface area (Å²) in [6.07, 6.45) is 0.439. The fourth-order valence-electron chi connectivity index (χ4n) is 3.27. The maximum atomic E-state index is 13.4. The van der Waals surface area contributed by atoms with Crippen LogP contribution in [0, 0.1) is 0 Å². The highest BCUT2D eigenvalue weighted by atomic mass is 79.9. The van der Waals surface area contributed by atoms with Gasteiger partial charge in [0.2, 0.25) is 11.8 Å². The van der Waals surface area contributed by atoms with Crippen LogP contribution in [0.15, 0.2) is 88.2 Å². The smallest absolute Gasteiger partial charge is 0.242 e. The Morgan fingerprint density at radius 3 is 2.25 bits per heavy atom. The van der Waals surface area contributed by atoms with Crippen LogP contribution in [-0.2, 0) is 22.6 Å². The number of hydrogen-bond donors (Lipinski definition) is 1. The van der Waals surface area contributed by atoms with Gasteiger partial charge in [-0.2, -0.15) is 0 Å². The third kappa shape index (κ3) is 7.12. The van der Waals surface area contributed by atoms with Crippen molar-refractivity contribution >= 4 is 51.1 Å². The Morgan fingerprint density at radius 1 is 0.969 bits per heavy atom. The molecule has 0 aromatic heterocycles. The van der Waals surface area contributed by atoms with Crippen LogP contribution >= 0.6 is 39.3 Å². The minimum absolute atomic E-state index is 0.0996. The van der Waals surface area contributed by atoms with E-state index in [0.29, 0.717) is 18.0 Å². The molecule has 166 valence electrons. The third-order valence-electron chi connectivity index (χ3n) is 4.96. The Kier molecular flexibility index (Phi) is 9.21. The van der Waals surface area contributed by atoms with Crippen LogP contribution in [0.2, 0.25) is 5.02 Å². The zero-order valence-corrected chi connectivity index (χ0v) is 20.8. The van der Waals surface area contributed by atoms with Gasteiger partial charge in [0.15, 0.2) is 0 Å². The van der Waals surface area contributed by atoms with Crippen LogP contribution in [0.3, 0.4) is 0 Å². The van der Waals surface area contributed by atoms with Gasteiger partial charge in [-0.05, 0) is 47.5 Å². The fraction of sp³-hybridized carbons (Fsp3) is 0.200. The van der Waals surface area contributed by atoms with Crippen LogP contribution in [0.1, 0.15) is 11.1 Å². The molecular formula is C25H24BrClN2O2S. The van der Waals surface area contributed by atoms with E-state index in [4.69, 9.17) is 11.6 Å². The normalized spacial score (nSPS) is 11.6. The molecule has 0 saturated heterocycles. The summed E-state index contributed by atoms with van der Waals surface area (Å²) in [5.74, 6) is -0.0614. The van der Waals surface area contributed by atoms with Gasteiger partial charge in [-0.3, -0.25) is 9.59 Å². The highest BCUT2D eigenvalue weighted by molar-refractivity contribution is 9.10. The average molecular weight is 532 g/mol. The van der Waals surface area contributed by atoms with Crippen molar-refractivity contribution in [2.45, 2.75) is 23.9 Å². The molecule has 0 heterocycles. The molecule has 0 unspecified atom stereocenters. The van der Waals surface area contributed by atoms with E-state index in [2.05, 4.69) is 21.2 Å². The second-order valence-corrected chi connectivity index (χ2v) is 9.61. The van der Waals surface area contributed by atoms with E-state index in [-0.39, 0.29) is 17.6 Å². The van der Waals surface area contributed by atoms with E-state index in [1.807, 2.05) is 66.7 Å². The van der Waals surface area contributed by atoms with E-state index in [0.717, 1.165) is 20.5 Å². The lowest BCUT2D eigenvalue weighted by Crippen LogP contribution is -2.50. The Balaban J connectivity index is 1.85. The molecule has 0 radical (unpaired) electrons. The molecule has 7 heteroatoms. The Bertz CT molecular complexity index is 1030. The van der Waals surface area contributed by atoms with Gasteiger partial charge in [-0.15, -0.1) is 11.8 Å². The number of carbonyl (C=O) groups is 2.